The Morgan fingerprint density at radius 1 is 0.872 bits per heavy atom. The molecule has 0 fully saturated rings. The standard InChI is InChI=1S/C37H40F4N4O2/c1-3-43(4-2)22-23-44(24-26-12-14-27(15-13-26)28-16-19-30(20-17-28)37(39,40)41)35(46)25-45-33-11-7-9-31(33)36(47)42-34(45)21-18-29-8-5-6-10-32(29)38/h5-6,8,10,12-17,19-20H,3-4,7,9,11,18,21-25H2,1-2H3. The molecule has 0 aliphatic heterocycles. The quantitative estimate of drug-likeness (QED) is 0.151. The van der Waals surface area contributed by atoms with Gasteiger partial charge in [-0.3, -0.25) is 9.59 Å². The second-order valence-corrected chi connectivity index (χ2v) is 11.9. The highest BCUT2D eigenvalue weighted by molar-refractivity contribution is 5.76. The van der Waals surface area contributed by atoms with Crippen molar-refractivity contribution < 1.29 is 22.4 Å². The van der Waals surface area contributed by atoms with Gasteiger partial charge in [-0.25, -0.2) is 4.39 Å². The zero-order valence-corrected chi connectivity index (χ0v) is 26.8. The maximum atomic E-state index is 14.4. The number of carbonyl (C=O) groups is 1. The summed E-state index contributed by atoms with van der Waals surface area (Å²) in [6.45, 7) is 7.37. The van der Waals surface area contributed by atoms with Crippen LogP contribution in [-0.4, -0.2) is 51.4 Å². The van der Waals surface area contributed by atoms with E-state index in [1.54, 1.807) is 18.2 Å². The average Bonchev–Trinajstić information content (AvgIpc) is 3.57. The molecular formula is C37H40F4N4O2. The molecule has 0 saturated carbocycles. The predicted molar refractivity (Wildman–Crippen MR) is 174 cm³/mol. The van der Waals surface area contributed by atoms with Gasteiger partial charge in [-0.05, 0) is 79.2 Å². The Morgan fingerprint density at radius 3 is 2.17 bits per heavy atom. The van der Waals surface area contributed by atoms with Gasteiger partial charge in [-0.15, -0.1) is 0 Å². The average molecular weight is 649 g/mol. The second-order valence-electron chi connectivity index (χ2n) is 11.9. The second kappa shape index (κ2) is 15.1. The van der Waals surface area contributed by atoms with Crippen LogP contribution < -0.4 is 5.56 Å². The summed E-state index contributed by atoms with van der Waals surface area (Å²) in [5.74, 6) is 0.0538. The number of fused-ring (bicyclic) bond motifs is 1. The molecule has 1 aromatic heterocycles. The molecule has 1 amide bonds. The summed E-state index contributed by atoms with van der Waals surface area (Å²) >= 11 is 0. The highest BCUT2D eigenvalue weighted by atomic mass is 19.4. The first-order valence-corrected chi connectivity index (χ1v) is 16.2. The first-order chi connectivity index (χ1) is 22.6. The van der Waals surface area contributed by atoms with Crippen LogP contribution in [0.3, 0.4) is 0 Å². The maximum absolute atomic E-state index is 14.4. The molecule has 1 aliphatic carbocycles. The van der Waals surface area contributed by atoms with E-state index in [0.29, 0.717) is 67.8 Å². The molecule has 10 heteroatoms. The number of halogens is 4. The molecule has 4 aromatic rings. The highest BCUT2D eigenvalue weighted by Gasteiger charge is 2.30. The highest BCUT2D eigenvalue weighted by Crippen LogP contribution is 2.31. The molecule has 1 heterocycles. The monoisotopic (exact) mass is 648 g/mol. The summed E-state index contributed by atoms with van der Waals surface area (Å²) in [5.41, 5.74) is 3.39. The van der Waals surface area contributed by atoms with Crippen LogP contribution >= 0.6 is 0 Å². The van der Waals surface area contributed by atoms with Gasteiger partial charge in [-0.2, -0.15) is 18.2 Å². The van der Waals surface area contributed by atoms with Crippen molar-refractivity contribution in [3.63, 3.8) is 0 Å². The minimum atomic E-state index is -4.39. The van der Waals surface area contributed by atoms with Crippen LogP contribution in [0.4, 0.5) is 17.6 Å². The first-order valence-electron chi connectivity index (χ1n) is 16.2. The molecule has 0 saturated heterocycles. The van der Waals surface area contributed by atoms with E-state index in [2.05, 4.69) is 23.7 Å². The Bertz CT molecular complexity index is 1730. The van der Waals surface area contributed by atoms with E-state index in [9.17, 15) is 27.2 Å². The number of benzene rings is 3. The van der Waals surface area contributed by atoms with Gasteiger partial charge in [0.1, 0.15) is 18.2 Å². The number of carbonyl (C=O) groups excluding carboxylic acids is 1. The number of rotatable bonds is 13. The lowest BCUT2D eigenvalue weighted by atomic mass is 10.0. The third kappa shape index (κ3) is 8.35. The predicted octanol–water partition coefficient (Wildman–Crippen LogP) is 6.71. The summed E-state index contributed by atoms with van der Waals surface area (Å²) in [5, 5.41) is 0. The molecule has 0 radical (unpaired) electrons. The number of alkyl halides is 3. The van der Waals surface area contributed by atoms with E-state index >= 15 is 0 Å². The van der Waals surface area contributed by atoms with E-state index < -0.39 is 11.7 Å². The summed E-state index contributed by atoms with van der Waals surface area (Å²) < 4.78 is 55.3. The number of amides is 1. The van der Waals surface area contributed by atoms with E-state index in [4.69, 9.17) is 0 Å². The van der Waals surface area contributed by atoms with Gasteiger partial charge in [0.25, 0.3) is 5.56 Å². The number of aryl methyl sites for hydroxylation is 2. The van der Waals surface area contributed by atoms with Crippen molar-refractivity contribution in [3.05, 3.63) is 123 Å². The lowest BCUT2D eigenvalue weighted by Gasteiger charge is -2.28. The van der Waals surface area contributed by atoms with Crippen molar-refractivity contribution in [2.45, 2.75) is 65.2 Å². The fourth-order valence-electron chi connectivity index (χ4n) is 6.19. The fraction of sp³-hybridized carbons (Fsp3) is 0.378. The topological polar surface area (TPSA) is 58.4 Å². The fourth-order valence-corrected chi connectivity index (χ4v) is 6.19. The van der Waals surface area contributed by atoms with Crippen molar-refractivity contribution in [1.29, 1.82) is 0 Å². The van der Waals surface area contributed by atoms with Crippen LogP contribution in [0.2, 0.25) is 0 Å². The Labute approximate surface area is 272 Å². The molecular weight excluding hydrogens is 608 g/mol. The molecule has 47 heavy (non-hydrogen) atoms. The molecule has 0 spiro atoms. The van der Waals surface area contributed by atoms with Crippen molar-refractivity contribution in [3.8, 4) is 11.1 Å². The summed E-state index contributed by atoms with van der Waals surface area (Å²) in [7, 11) is 0. The zero-order valence-electron chi connectivity index (χ0n) is 26.8. The Balaban J connectivity index is 1.38. The number of likely N-dealkylation sites (N-methyl/N-ethyl adjacent to an activating group) is 1. The van der Waals surface area contributed by atoms with Crippen LogP contribution in [0.5, 0.6) is 0 Å². The van der Waals surface area contributed by atoms with E-state index in [1.807, 2.05) is 33.7 Å². The molecule has 0 bridgehead atoms. The molecule has 5 rings (SSSR count). The third-order valence-electron chi connectivity index (χ3n) is 8.99. The Hall–Kier alpha value is -4.31. The zero-order chi connectivity index (χ0) is 33.6. The van der Waals surface area contributed by atoms with Crippen molar-refractivity contribution in [2.75, 3.05) is 26.2 Å². The molecule has 3 aromatic carbocycles. The van der Waals surface area contributed by atoms with Gasteiger partial charge in [0.15, 0.2) is 0 Å². The molecule has 1 aliphatic rings. The van der Waals surface area contributed by atoms with Crippen LogP contribution in [-0.2, 0) is 49.7 Å². The van der Waals surface area contributed by atoms with Crippen molar-refractivity contribution >= 4 is 5.91 Å². The molecule has 0 N–H and O–H groups in total. The largest absolute Gasteiger partial charge is 0.416 e. The van der Waals surface area contributed by atoms with Gasteiger partial charge in [0.2, 0.25) is 5.91 Å². The lowest BCUT2D eigenvalue weighted by Crippen LogP contribution is -2.40. The molecule has 0 unspecified atom stereocenters. The number of hydrogen-bond donors (Lipinski definition) is 0. The van der Waals surface area contributed by atoms with Crippen molar-refractivity contribution in [1.82, 2.24) is 19.4 Å². The number of aromatic nitrogens is 2. The number of nitrogens with zero attached hydrogens (tertiary/aromatic N) is 4. The summed E-state index contributed by atoms with van der Waals surface area (Å²) in [6.07, 6.45) is -1.60. The van der Waals surface area contributed by atoms with E-state index in [1.165, 1.54) is 18.2 Å². The van der Waals surface area contributed by atoms with Gasteiger partial charge in [0, 0.05) is 37.3 Å². The lowest BCUT2D eigenvalue weighted by molar-refractivity contribution is -0.137. The van der Waals surface area contributed by atoms with E-state index in [0.717, 1.165) is 48.5 Å². The number of hydrogen-bond acceptors (Lipinski definition) is 4. The van der Waals surface area contributed by atoms with Crippen LogP contribution in [0.25, 0.3) is 11.1 Å². The summed E-state index contributed by atoms with van der Waals surface area (Å²) in [6, 6.07) is 19.1. The van der Waals surface area contributed by atoms with Crippen molar-refractivity contribution in [2.24, 2.45) is 0 Å². The molecule has 248 valence electrons. The summed E-state index contributed by atoms with van der Waals surface area (Å²) in [4.78, 5) is 35.5. The van der Waals surface area contributed by atoms with Gasteiger partial charge < -0.3 is 14.4 Å². The van der Waals surface area contributed by atoms with E-state index in [-0.39, 0.29) is 23.8 Å². The molecule has 6 nitrogen and oxygen atoms in total. The van der Waals surface area contributed by atoms with Crippen LogP contribution in [0.1, 0.15) is 54.0 Å². The minimum Gasteiger partial charge on any atom is -0.336 e. The normalized spacial score (nSPS) is 12.8. The van der Waals surface area contributed by atoms with Crippen LogP contribution in [0.15, 0.2) is 77.6 Å². The minimum absolute atomic E-state index is 0.0180. The Morgan fingerprint density at radius 2 is 1.53 bits per heavy atom. The third-order valence-corrected chi connectivity index (χ3v) is 8.99. The van der Waals surface area contributed by atoms with Gasteiger partial charge >= 0.3 is 6.18 Å². The Kier molecular flexibility index (Phi) is 10.9. The van der Waals surface area contributed by atoms with Crippen LogP contribution in [0, 0.1) is 5.82 Å². The first kappa shape index (κ1) is 34.0. The smallest absolute Gasteiger partial charge is 0.336 e. The maximum Gasteiger partial charge on any atom is 0.416 e. The molecule has 0 atom stereocenters. The van der Waals surface area contributed by atoms with Gasteiger partial charge in [0.05, 0.1) is 5.56 Å². The SMILES string of the molecule is CCN(CC)CCN(Cc1ccc(-c2ccc(C(F)(F)F)cc2)cc1)C(=O)Cn1c(CCc2ccccc2F)nc(=O)c2c1CCC2. The van der Waals surface area contributed by atoms with Gasteiger partial charge in [-0.1, -0.05) is 68.4 Å².